The number of carbonyl (C=O) groups excluding carboxylic acids is 1. The Hall–Kier alpha value is -2.79. The summed E-state index contributed by atoms with van der Waals surface area (Å²) < 4.78 is 0. The standard InChI is InChI=1S/C23H24N2O3/c26-23(19-6-2-1-3-7-19)20-16-17(11-13-22(20)25(27)28)10-12-18-8-4-14-24-15-5-9-21(18)24/h1-3,6-7,10-13,16,18,21H,4-5,8-9,14-15H2/b12-10+. The Morgan fingerprint density at radius 2 is 1.82 bits per heavy atom. The number of piperidine rings is 1. The maximum absolute atomic E-state index is 12.8. The van der Waals surface area contributed by atoms with Crippen LogP contribution in [0.25, 0.3) is 6.08 Å². The molecular weight excluding hydrogens is 352 g/mol. The van der Waals surface area contributed by atoms with E-state index in [1.165, 1.54) is 44.8 Å². The van der Waals surface area contributed by atoms with Crippen molar-refractivity contribution < 1.29 is 9.72 Å². The average Bonchev–Trinajstić information content (AvgIpc) is 3.21. The van der Waals surface area contributed by atoms with Crippen molar-refractivity contribution in [1.82, 2.24) is 4.90 Å². The molecule has 2 aromatic rings. The maximum atomic E-state index is 12.8. The molecule has 5 nitrogen and oxygen atoms in total. The summed E-state index contributed by atoms with van der Waals surface area (Å²) in [5, 5.41) is 11.4. The molecule has 4 rings (SSSR count). The van der Waals surface area contributed by atoms with Gasteiger partial charge in [0, 0.05) is 17.7 Å². The molecule has 0 aromatic heterocycles. The number of hydrogen-bond donors (Lipinski definition) is 0. The van der Waals surface area contributed by atoms with Gasteiger partial charge in [-0.3, -0.25) is 19.8 Å². The highest BCUT2D eigenvalue weighted by atomic mass is 16.6. The van der Waals surface area contributed by atoms with Gasteiger partial charge in [0.25, 0.3) is 5.69 Å². The van der Waals surface area contributed by atoms with Crippen molar-refractivity contribution in [3.05, 3.63) is 81.4 Å². The second-order valence-corrected chi connectivity index (χ2v) is 7.64. The third-order valence-electron chi connectivity index (χ3n) is 5.93. The van der Waals surface area contributed by atoms with Crippen LogP contribution in [0.15, 0.2) is 54.6 Å². The third-order valence-corrected chi connectivity index (χ3v) is 5.93. The van der Waals surface area contributed by atoms with Gasteiger partial charge in [-0.15, -0.1) is 0 Å². The van der Waals surface area contributed by atoms with Crippen molar-refractivity contribution in [2.45, 2.75) is 31.7 Å². The van der Waals surface area contributed by atoms with Crippen LogP contribution in [0.4, 0.5) is 5.69 Å². The zero-order valence-electron chi connectivity index (χ0n) is 15.8. The van der Waals surface area contributed by atoms with Crippen molar-refractivity contribution in [3.63, 3.8) is 0 Å². The minimum atomic E-state index is -0.485. The molecule has 0 saturated carbocycles. The summed E-state index contributed by atoms with van der Waals surface area (Å²) in [6, 6.07) is 14.2. The first-order chi connectivity index (χ1) is 13.6. The average molecular weight is 376 g/mol. The van der Waals surface area contributed by atoms with Crippen molar-refractivity contribution in [3.8, 4) is 0 Å². The van der Waals surface area contributed by atoms with Crippen molar-refractivity contribution in [2.24, 2.45) is 5.92 Å². The predicted octanol–water partition coefficient (Wildman–Crippen LogP) is 4.71. The molecule has 28 heavy (non-hydrogen) atoms. The van der Waals surface area contributed by atoms with Gasteiger partial charge in [0.15, 0.2) is 5.78 Å². The van der Waals surface area contributed by atoms with Crippen molar-refractivity contribution >= 4 is 17.5 Å². The summed E-state index contributed by atoms with van der Waals surface area (Å²) in [5.41, 5.74) is 1.29. The molecule has 0 spiro atoms. The smallest absolute Gasteiger partial charge is 0.280 e. The number of hydrogen-bond acceptors (Lipinski definition) is 4. The lowest BCUT2D eigenvalue weighted by atomic mass is 9.88. The fourth-order valence-corrected chi connectivity index (χ4v) is 4.54. The Morgan fingerprint density at radius 3 is 2.57 bits per heavy atom. The molecule has 2 atom stereocenters. The number of nitrogens with zero attached hydrogens (tertiary/aromatic N) is 2. The summed E-state index contributed by atoms with van der Waals surface area (Å²) in [5.74, 6) is 0.196. The summed E-state index contributed by atoms with van der Waals surface area (Å²) in [4.78, 5) is 26.4. The first-order valence-corrected chi connectivity index (χ1v) is 9.94. The first kappa shape index (κ1) is 18.6. The molecule has 0 amide bonds. The summed E-state index contributed by atoms with van der Waals surface area (Å²) in [6.45, 7) is 2.39. The molecule has 0 bridgehead atoms. The fraction of sp³-hybridized carbons (Fsp3) is 0.348. The van der Waals surface area contributed by atoms with E-state index in [2.05, 4.69) is 11.0 Å². The van der Waals surface area contributed by atoms with Gasteiger partial charge in [-0.05, 0) is 62.4 Å². The van der Waals surface area contributed by atoms with E-state index in [1.807, 2.05) is 12.1 Å². The largest absolute Gasteiger partial charge is 0.300 e. The monoisotopic (exact) mass is 376 g/mol. The zero-order valence-corrected chi connectivity index (χ0v) is 15.8. The number of rotatable bonds is 5. The first-order valence-electron chi connectivity index (χ1n) is 9.94. The molecule has 2 saturated heterocycles. The topological polar surface area (TPSA) is 63.5 Å². The van der Waals surface area contributed by atoms with Gasteiger partial charge in [0.1, 0.15) is 5.56 Å². The lowest BCUT2D eigenvalue weighted by molar-refractivity contribution is -0.385. The van der Waals surface area contributed by atoms with E-state index in [1.54, 1.807) is 36.4 Å². The Labute approximate surface area is 164 Å². The number of fused-ring (bicyclic) bond motifs is 1. The van der Waals surface area contributed by atoms with Crippen LogP contribution in [-0.4, -0.2) is 34.7 Å². The molecule has 144 valence electrons. The van der Waals surface area contributed by atoms with Crippen molar-refractivity contribution in [1.29, 1.82) is 0 Å². The summed E-state index contributed by atoms with van der Waals surface area (Å²) >= 11 is 0. The van der Waals surface area contributed by atoms with Gasteiger partial charge in [0.2, 0.25) is 0 Å². The van der Waals surface area contributed by atoms with E-state index in [0.717, 1.165) is 5.56 Å². The number of ketones is 1. The molecule has 2 unspecified atom stereocenters. The fourth-order valence-electron chi connectivity index (χ4n) is 4.54. The van der Waals surface area contributed by atoms with Gasteiger partial charge in [-0.1, -0.05) is 42.5 Å². The van der Waals surface area contributed by atoms with E-state index >= 15 is 0 Å². The molecule has 0 radical (unpaired) electrons. The summed E-state index contributed by atoms with van der Waals surface area (Å²) in [6.07, 6.45) is 9.16. The van der Waals surface area contributed by atoms with Crippen LogP contribution < -0.4 is 0 Å². The summed E-state index contributed by atoms with van der Waals surface area (Å²) in [7, 11) is 0. The normalized spacial score (nSPS) is 22.3. The lowest BCUT2D eigenvalue weighted by Crippen LogP contribution is -2.39. The van der Waals surface area contributed by atoms with Gasteiger partial charge >= 0.3 is 0 Å². The lowest BCUT2D eigenvalue weighted by Gasteiger charge is -2.35. The minimum Gasteiger partial charge on any atom is -0.300 e. The maximum Gasteiger partial charge on any atom is 0.280 e. The van der Waals surface area contributed by atoms with Gasteiger partial charge in [-0.25, -0.2) is 0 Å². The second kappa shape index (κ2) is 8.07. The van der Waals surface area contributed by atoms with Gasteiger partial charge in [0.05, 0.1) is 4.92 Å². The van der Waals surface area contributed by atoms with E-state index in [4.69, 9.17) is 0 Å². The Morgan fingerprint density at radius 1 is 1.07 bits per heavy atom. The molecule has 2 heterocycles. The van der Waals surface area contributed by atoms with Crippen LogP contribution in [0, 0.1) is 16.0 Å². The second-order valence-electron chi connectivity index (χ2n) is 7.64. The molecule has 0 N–H and O–H groups in total. The molecular formula is C23H24N2O3. The number of carbonyl (C=O) groups is 1. The van der Waals surface area contributed by atoms with Crippen LogP contribution in [-0.2, 0) is 0 Å². The molecule has 5 heteroatoms. The van der Waals surface area contributed by atoms with Gasteiger partial charge < -0.3 is 0 Å². The SMILES string of the molecule is O=C(c1ccccc1)c1cc(/C=C/C2CCCN3CCCC23)ccc1[N+](=O)[O-]. The molecule has 2 aliphatic rings. The Kier molecular flexibility index (Phi) is 5.35. The van der Waals surface area contributed by atoms with Crippen molar-refractivity contribution in [2.75, 3.05) is 13.1 Å². The number of benzene rings is 2. The Balaban J connectivity index is 1.61. The third kappa shape index (κ3) is 3.76. The minimum absolute atomic E-state index is 0.143. The number of nitro groups is 1. The Bertz CT molecular complexity index is 907. The highest BCUT2D eigenvalue weighted by molar-refractivity contribution is 6.11. The van der Waals surface area contributed by atoms with E-state index in [-0.39, 0.29) is 17.0 Å². The van der Waals surface area contributed by atoms with E-state index in [0.29, 0.717) is 17.5 Å². The van der Waals surface area contributed by atoms with Crippen LogP contribution in [0.1, 0.15) is 47.2 Å². The number of nitro benzene ring substituents is 1. The van der Waals surface area contributed by atoms with E-state index < -0.39 is 4.92 Å². The highest BCUT2D eigenvalue weighted by Gasteiger charge is 2.33. The van der Waals surface area contributed by atoms with Crippen LogP contribution in [0.3, 0.4) is 0 Å². The van der Waals surface area contributed by atoms with Gasteiger partial charge in [-0.2, -0.15) is 0 Å². The molecule has 2 fully saturated rings. The van der Waals surface area contributed by atoms with Crippen LogP contribution in [0.5, 0.6) is 0 Å². The van der Waals surface area contributed by atoms with Crippen LogP contribution >= 0.6 is 0 Å². The highest BCUT2D eigenvalue weighted by Crippen LogP contribution is 2.33. The van der Waals surface area contributed by atoms with Crippen LogP contribution in [0.2, 0.25) is 0 Å². The molecule has 2 aliphatic heterocycles. The molecule has 2 aromatic carbocycles. The predicted molar refractivity (Wildman–Crippen MR) is 109 cm³/mol. The quantitative estimate of drug-likeness (QED) is 0.430. The van der Waals surface area contributed by atoms with E-state index in [9.17, 15) is 14.9 Å². The zero-order chi connectivity index (χ0) is 19.5. The molecule has 0 aliphatic carbocycles.